The molecule has 0 radical (unpaired) electrons. The summed E-state index contributed by atoms with van der Waals surface area (Å²) < 4.78 is 57.8. The summed E-state index contributed by atoms with van der Waals surface area (Å²) in [6, 6.07) is 13.3. The van der Waals surface area contributed by atoms with Gasteiger partial charge in [-0.3, -0.25) is 0 Å². The maximum atomic E-state index is 12.9. The number of para-hydroxylation sites is 1. The molecule has 3 atom stereocenters. The van der Waals surface area contributed by atoms with Gasteiger partial charge in [-0.2, -0.15) is 0 Å². The van der Waals surface area contributed by atoms with Crippen molar-refractivity contribution in [2.75, 3.05) is 19.5 Å². The lowest BCUT2D eigenvalue weighted by molar-refractivity contribution is -0.274. The Bertz CT molecular complexity index is 1140. The van der Waals surface area contributed by atoms with E-state index in [1.54, 1.807) is 36.4 Å². The third-order valence-corrected chi connectivity index (χ3v) is 5.54. The summed E-state index contributed by atoms with van der Waals surface area (Å²) >= 11 is 0. The third kappa shape index (κ3) is 4.24. The van der Waals surface area contributed by atoms with Crippen molar-refractivity contribution in [2.45, 2.75) is 24.1 Å². The van der Waals surface area contributed by atoms with Crippen LogP contribution < -0.4 is 10.1 Å². The molecular weight excluding hydrogens is 455 g/mol. The van der Waals surface area contributed by atoms with Gasteiger partial charge in [0.05, 0.1) is 31.4 Å². The molecule has 0 fully saturated rings. The van der Waals surface area contributed by atoms with Crippen molar-refractivity contribution in [3.63, 3.8) is 0 Å². The molecule has 1 N–H and O–H groups in total. The topological polar surface area (TPSA) is 83.1 Å². The molecule has 2 aromatic rings. The average molecular weight is 475 g/mol. The molecule has 0 spiro atoms. The Morgan fingerprint density at radius 1 is 1.00 bits per heavy atom. The van der Waals surface area contributed by atoms with Gasteiger partial charge in [-0.05, 0) is 35.9 Å². The van der Waals surface area contributed by atoms with Crippen LogP contribution in [0.5, 0.6) is 5.75 Å². The van der Waals surface area contributed by atoms with Gasteiger partial charge < -0.3 is 24.3 Å². The first-order valence-corrected chi connectivity index (χ1v) is 10.1. The Labute approximate surface area is 192 Å². The number of rotatable bonds is 7. The number of halogens is 3. The molecule has 2 heterocycles. The zero-order chi connectivity index (χ0) is 24.5. The van der Waals surface area contributed by atoms with E-state index in [1.807, 2.05) is 6.07 Å². The molecule has 0 aliphatic carbocycles. The van der Waals surface area contributed by atoms with E-state index < -0.39 is 41.8 Å². The van der Waals surface area contributed by atoms with Gasteiger partial charge >= 0.3 is 18.3 Å². The lowest BCUT2D eigenvalue weighted by atomic mass is 9.78. The largest absolute Gasteiger partial charge is 0.573 e. The van der Waals surface area contributed by atoms with Crippen LogP contribution in [0.1, 0.15) is 11.6 Å². The number of esters is 2. The second kappa shape index (κ2) is 8.86. The smallest absolute Gasteiger partial charge is 0.466 e. The van der Waals surface area contributed by atoms with Crippen molar-refractivity contribution in [3.05, 3.63) is 83.5 Å². The van der Waals surface area contributed by atoms with Crippen molar-refractivity contribution in [3.8, 4) is 5.75 Å². The molecule has 4 rings (SSSR count). The van der Waals surface area contributed by atoms with Gasteiger partial charge in [0.25, 0.3) is 0 Å². The maximum Gasteiger partial charge on any atom is 0.573 e. The molecule has 2 unspecified atom stereocenters. The number of methoxy groups -OCH3 is 2. The van der Waals surface area contributed by atoms with Gasteiger partial charge in [0.1, 0.15) is 17.5 Å². The summed E-state index contributed by atoms with van der Waals surface area (Å²) in [4.78, 5) is 25.4. The Hall–Kier alpha value is -3.79. The Kier molecular flexibility index (Phi) is 6.09. The summed E-state index contributed by atoms with van der Waals surface area (Å²) in [7, 11) is 2.36. The average Bonchev–Trinajstić information content (AvgIpc) is 3.39. The zero-order valence-electron chi connectivity index (χ0n) is 18.1. The van der Waals surface area contributed by atoms with E-state index in [4.69, 9.17) is 14.2 Å². The van der Waals surface area contributed by atoms with Crippen LogP contribution in [-0.2, 0) is 23.8 Å². The van der Waals surface area contributed by atoms with Crippen LogP contribution in [0.4, 0.5) is 18.9 Å². The van der Waals surface area contributed by atoms with Crippen molar-refractivity contribution >= 4 is 17.6 Å². The number of carbonyl (C=O) groups excluding carboxylic acids is 2. The third-order valence-electron chi connectivity index (χ3n) is 5.54. The van der Waals surface area contributed by atoms with Gasteiger partial charge in [-0.1, -0.05) is 36.4 Å². The monoisotopic (exact) mass is 475 g/mol. The summed E-state index contributed by atoms with van der Waals surface area (Å²) in [5.41, 5.74) is -0.416. The standard InChI is InChI=1S/C24H20F3NO6/c1-31-21(29)18-17-12-13-23(34-17,19(18)22(30)32-2)20(28-15-6-4-3-5-7-15)14-8-10-16(11-9-14)33-24(25,26)27/h3-13,17,20,28H,1-2H3/t17-,20?,23?/m0/s1. The number of anilines is 1. The molecule has 34 heavy (non-hydrogen) atoms. The predicted molar refractivity (Wildman–Crippen MR) is 114 cm³/mol. The van der Waals surface area contributed by atoms with E-state index in [0.29, 0.717) is 11.3 Å². The van der Waals surface area contributed by atoms with Crippen molar-refractivity contribution in [1.29, 1.82) is 0 Å². The minimum Gasteiger partial charge on any atom is -0.466 e. The first-order chi connectivity index (χ1) is 16.2. The van der Waals surface area contributed by atoms with E-state index in [9.17, 15) is 22.8 Å². The van der Waals surface area contributed by atoms with E-state index >= 15 is 0 Å². The lowest BCUT2D eigenvalue weighted by Crippen LogP contribution is -2.42. The fraction of sp³-hybridized carbons (Fsp3) is 0.250. The van der Waals surface area contributed by atoms with Gasteiger partial charge in [-0.25, -0.2) is 9.59 Å². The lowest BCUT2D eigenvalue weighted by Gasteiger charge is -2.36. The van der Waals surface area contributed by atoms with Crippen molar-refractivity contribution in [2.24, 2.45) is 0 Å². The number of ether oxygens (including phenoxy) is 4. The molecule has 2 aliphatic rings. The van der Waals surface area contributed by atoms with Crippen molar-refractivity contribution in [1.82, 2.24) is 0 Å². The fourth-order valence-corrected chi connectivity index (χ4v) is 4.18. The van der Waals surface area contributed by atoms with Crippen LogP contribution in [0, 0.1) is 0 Å². The first kappa shape index (κ1) is 23.4. The molecular formula is C24H20F3NO6. The first-order valence-electron chi connectivity index (χ1n) is 10.1. The van der Waals surface area contributed by atoms with Gasteiger partial charge in [0.2, 0.25) is 0 Å². The highest BCUT2D eigenvalue weighted by Gasteiger charge is 2.58. The van der Waals surface area contributed by atoms with Crippen LogP contribution in [0.3, 0.4) is 0 Å². The number of carbonyl (C=O) groups is 2. The number of hydrogen-bond donors (Lipinski definition) is 1. The normalized spacial score (nSPS) is 21.9. The molecule has 2 aromatic carbocycles. The van der Waals surface area contributed by atoms with Gasteiger partial charge in [0, 0.05) is 5.69 Å². The summed E-state index contributed by atoms with van der Waals surface area (Å²) in [5.74, 6) is -1.94. The zero-order valence-corrected chi connectivity index (χ0v) is 18.1. The molecule has 2 bridgehead atoms. The number of hydrogen-bond acceptors (Lipinski definition) is 7. The maximum absolute atomic E-state index is 12.9. The number of alkyl halides is 3. The van der Waals surface area contributed by atoms with Crippen LogP contribution in [0.15, 0.2) is 77.9 Å². The van der Waals surface area contributed by atoms with Crippen LogP contribution in [0.25, 0.3) is 0 Å². The second-order valence-corrected chi connectivity index (χ2v) is 7.52. The minimum atomic E-state index is -4.84. The number of benzene rings is 2. The van der Waals surface area contributed by atoms with Crippen LogP contribution in [0.2, 0.25) is 0 Å². The van der Waals surface area contributed by atoms with Gasteiger partial charge in [0.15, 0.2) is 0 Å². The van der Waals surface area contributed by atoms with E-state index in [2.05, 4.69) is 10.1 Å². The summed E-state index contributed by atoms with van der Waals surface area (Å²) in [5, 5.41) is 3.28. The molecule has 7 nitrogen and oxygen atoms in total. The van der Waals surface area contributed by atoms with E-state index in [0.717, 1.165) is 12.1 Å². The SMILES string of the molecule is COC(=O)C1=C(C(=O)OC)C2(C(Nc3ccccc3)c3ccc(OC(F)(F)F)cc3)C=C[C@@H]1O2. The van der Waals surface area contributed by atoms with Crippen LogP contribution >= 0.6 is 0 Å². The quantitative estimate of drug-likeness (QED) is 0.477. The Morgan fingerprint density at radius 3 is 2.24 bits per heavy atom. The Balaban J connectivity index is 1.83. The highest BCUT2D eigenvalue weighted by atomic mass is 19.4. The molecule has 2 aliphatic heterocycles. The predicted octanol–water partition coefficient (Wildman–Crippen LogP) is 4.09. The molecule has 10 heteroatoms. The molecule has 0 saturated heterocycles. The number of nitrogens with one attached hydrogen (secondary N) is 1. The highest BCUT2D eigenvalue weighted by Crippen LogP contribution is 2.51. The molecule has 0 aromatic heterocycles. The van der Waals surface area contributed by atoms with E-state index in [1.165, 1.54) is 26.4 Å². The van der Waals surface area contributed by atoms with Crippen molar-refractivity contribution < 1.29 is 41.7 Å². The summed E-state index contributed by atoms with van der Waals surface area (Å²) in [6.45, 7) is 0. The Morgan fingerprint density at radius 2 is 1.65 bits per heavy atom. The highest BCUT2D eigenvalue weighted by molar-refractivity contribution is 6.05. The van der Waals surface area contributed by atoms with Gasteiger partial charge in [-0.15, -0.1) is 13.2 Å². The fourth-order valence-electron chi connectivity index (χ4n) is 4.18. The van der Waals surface area contributed by atoms with E-state index in [-0.39, 0.29) is 11.1 Å². The second-order valence-electron chi connectivity index (χ2n) is 7.52. The molecule has 0 saturated carbocycles. The molecule has 178 valence electrons. The van der Waals surface area contributed by atoms with Crippen LogP contribution in [-0.4, -0.2) is 44.2 Å². The number of fused-ring (bicyclic) bond motifs is 2. The minimum absolute atomic E-state index is 0.00809. The summed E-state index contributed by atoms with van der Waals surface area (Å²) in [6.07, 6.45) is -2.43. The molecule has 0 amide bonds.